The second-order valence-electron chi connectivity index (χ2n) is 9.12. The van der Waals surface area contributed by atoms with E-state index in [4.69, 9.17) is 0 Å². The summed E-state index contributed by atoms with van der Waals surface area (Å²) in [7, 11) is 0. The SMILES string of the molecule is C[C@]12CC(=O)[C@H]3[C@@H](C[C@H](F)C4=CC(=O)C=C[C@@]43C)[C@@H]1CC[C@@H]2C(=O)C(O)O. The quantitative estimate of drug-likeness (QED) is 0.719. The zero-order valence-electron chi connectivity index (χ0n) is 15.5. The number of alkyl halides is 1. The molecule has 27 heavy (non-hydrogen) atoms. The highest BCUT2D eigenvalue weighted by Crippen LogP contribution is 2.65. The summed E-state index contributed by atoms with van der Waals surface area (Å²) in [6.45, 7) is 3.70. The third-order valence-electron chi connectivity index (χ3n) is 7.83. The fourth-order valence-corrected chi connectivity index (χ4v) is 6.69. The molecule has 0 spiro atoms. The molecule has 0 aromatic heterocycles. The van der Waals surface area contributed by atoms with Gasteiger partial charge in [0.25, 0.3) is 0 Å². The first kappa shape index (κ1) is 18.7. The van der Waals surface area contributed by atoms with Crippen molar-refractivity contribution in [3.63, 3.8) is 0 Å². The fourth-order valence-electron chi connectivity index (χ4n) is 6.69. The molecular weight excluding hydrogens is 351 g/mol. The van der Waals surface area contributed by atoms with Gasteiger partial charge in [-0.2, -0.15) is 0 Å². The van der Waals surface area contributed by atoms with Gasteiger partial charge in [0.2, 0.25) is 6.29 Å². The number of hydrogen-bond donors (Lipinski definition) is 2. The highest BCUT2D eigenvalue weighted by atomic mass is 19.1. The predicted octanol–water partition coefficient (Wildman–Crippen LogP) is 1.92. The van der Waals surface area contributed by atoms with Gasteiger partial charge in [-0.15, -0.1) is 0 Å². The average Bonchev–Trinajstić information content (AvgIpc) is 2.92. The molecule has 6 heteroatoms. The number of halogens is 1. The van der Waals surface area contributed by atoms with E-state index in [0.29, 0.717) is 18.4 Å². The van der Waals surface area contributed by atoms with Crippen LogP contribution in [-0.2, 0) is 14.4 Å². The summed E-state index contributed by atoms with van der Waals surface area (Å²) in [4.78, 5) is 37.3. The lowest BCUT2D eigenvalue weighted by molar-refractivity contribution is -0.159. The minimum Gasteiger partial charge on any atom is -0.362 e. The van der Waals surface area contributed by atoms with Gasteiger partial charge >= 0.3 is 0 Å². The lowest BCUT2D eigenvalue weighted by Gasteiger charge is -2.56. The van der Waals surface area contributed by atoms with E-state index < -0.39 is 40.9 Å². The minimum absolute atomic E-state index is 0.0230. The maximum absolute atomic E-state index is 15.1. The Morgan fingerprint density at radius 1 is 1.26 bits per heavy atom. The summed E-state index contributed by atoms with van der Waals surface area (Å²) in [5, 5.41) is 18.7. The highest BCUT2D eigenvalue weighted by molar-refractivity contribution is 6.02. The number of carbonyl (C=O) groups is 3. The predicted molar refractivity (Wildman–Crippen MR) is 94.0 cm³/mol. The van der Waals surface area contributed by atoms with Crippen molar-refractivity contribution in [2.75, 3.05) is 0 Å². The Bertz CT molecular complexity index is 783. The van der Waals surface area contributed by atoms with Gasteiger partial charge in [-0.05, 0) is 54.2 Å². The van der Waals surface area contributed by atoms with Gasteiger partial charge in [-0.3, -0.25) is 14.4 Å². The second-order valence-corrected chi connectivity index (χ2v) is 9.12. The maximum Gasteiger partial charge on any atom is 0.213 e. The second kappa shape index (κ2) is 5.92. The zero-order valence-corrected chi connectivity index (χ0v) is 15.5. The van der Waals surface area contributed by atoms with E-state index in [-0.39, 0.29) is 36.2 Å². The van der Waals surface area contributed by atoms with Crippen molar-refractivity contribution in [2.45, 2.75) is 52.0 Å². The Hall–Kier alpha value is -1.66. The number of fused-ring (bicyclic) bond motifs is 5. The number of aliphatic hydroxyl groups excluding tert-OH is 1. The molecule has 146 valence electrons. The number of carbonyl (C=O) groups excluding carboxylic acids is 3. The first-order valence-electron chi connectivity index (χ1n) is 9.61. The van der Waals surface area contributed by atoms with Crippen LogP contribution in [0.15, 0.2) is 23.8 Å². The number of allylic oxidation sites excluding steroid dienone is 4. The number of aliphatic hydroxyl groups is 2. The van der Waals surface area contributed by atoms with Crippen LogP contribution in [-0.4, -0.2) is 40.0 Å². The molecule has 3 fully saturated rings. The molecule has 4 rings (SSSR count). The first-order chi connectivity index (χ1) is 12.6. The molecule has 0 aromatic rings. The van der Waals surface area contributed by atoms with Crippen molar-refractivity contribution in [1.82, 2.24) is 0 Å². The molecular formula is C21H25FO5. The van der Waals surface area contributed by atoms with E-state index in [1.54, 1.807) is 6.08 Å². The largest absolute Gasteiger partial charge is 0.362 e. The molecule has 0 aliphatic heterocycles. The Morgan fingerprint density at radius 2 is 1.96 bits per heavy atom. The van der Waals surface area contributed by atoms with Crippen molar-refractivity contribution < 1.29 is 29.0 Å². The standard InChI is InChI=1S/C21H25FO5/c1-20-6-5-10(23)7-14(20)15(22)8-11-12-3-4-13(18(25)19(26)27)21(12,2)9-16(24)17(11)20/h5-7,11-13,15,17,19,26-27H,3-4,8-9H2,1-2H3/t11-,12-,13+,15-,17+,20-,21-/m0/s1. The van der Waals surface area contributed by atoms with Gasteiger partial charge in [0.05, 0.1) is 0 Å². The number of Topliss-reactive ketones (excluding diaryl/α,β-unsaturated/α-hetero) is 2. The van der Waals surface area contributed by atoms with Crippen molar-refractivity contribution in [3.8, 4) is 0 Å². The molecule has 4 aliphatic rings. The number of rotatable bonds is 2. The van der Waals surface area contributed by atoms with E-state index in [0.717, 1.165) is 0 Å². The Labute approximate surface area is 157 Å². The molecule has 0 aromatic carbocycles. The van der Waals surface area contributed by atoms with Gasteiger partial charge in [0, 0.05) is 23.7 Å². The summed E-state index contributed by atoms with van der Waals surface area (Å²) in [6.07, 6.45) is 2.59. The van der Waals surface area contributed by atoms with Crippen LogP contribution in [0.2, 0.25) is 0 Å². The minimum atomic E-state index is -2.04. The van der Waals surface area contributed by atoms with Gasteiger partial charge in [0.1, 0.15) is 12.0 Å². The Morgan fingerprint density at radius 3 is 2.63 bits per heavy atom. The third kappa shape index (κ3) is 2.46. The van der Waals surface area contributed by atoms with E-state index in [1.165, 1.54) is 12.2 Å². The molecule has 0 radical (unpaired) electrons. The fraction of sp³-hybridized carbons (Fsp3) is 0.667. The average molecular weight is 376 g/mol. The summed E-state index contributed by atoms with van der Waals surface area (Å²) in [5.41, 5.74) is -1.10. The van der Waals surface area contributed by atoms with Gasteiger partial charge in [0.15, 0.2) is 11.6 Å². The van der Waals surface area contributed by atoms with Crippen LogP contribution >= 0.6 is 0 Å². The van der Waals surface area contributed by atoms with Crippen molar-refractivity contribution in [2.24, 2.45) is 34.5 Å². The van der Waals surface area contributed by atoms with Crippen LogP contribution < -0.4 is 0 Å². The van der Waals surface area contributed by atoms with Crippen molar-refractivity contribution in [3.05, 3.63) is 23.8 Å². The Kier molecular flexibility index (Phi) is 4.10. The Balaban J connectivity index is 1.75. The molecule has 3 saturated carbocycles. The molecule has 4 aliphatic carbocycles. The van der Waals surface area contributed by atoms with Crippen LogP contribution in [0.3, 0.4) is 0 Å². The molecule has 0 heterocycles. The van der Waals surface area contributed by atoms with Crippen molar-refractivity contribution in [1.29, 1.82) is 0 Å². The van der Waals surface area contributed by atoms with Crippen molar-refractivity contribution >= 4 is 17.3 Å². The molecule has 0 unspecified atom stereocenters. The number of ketones is 3. The normalized spacial score (nSPS) is 46.0. The summed E-state index contributed by atoms with van der Waals surface area (Å²) in [6, 6.07) is 0. The van der Waals surface area contributed by atoms with Gasteiger partial charge < -0.3 is 10.2 Å². The zero-order chi connectivity index (χ0) is 19.7. The molecule has 5 nitrogen and oxygen atoms in total. The molecule has 2 N–H and O–H groups in total. The smallest absolute Gasteiger partial charge is 0.213 e. The molecule has 0 amide bonds. The van der Waals surface area contributed by atoms with Crippen LogP contribution in [0.1, 0.15) is 39.5 Å². The third-order valence-corrected chi connectivity index (χ3v) is 7.83. The van der Waals surface area contributed by atoms with E-state index >= 15 is 4.39 Å². The summed E-state index contributed by atoms with van der Waals surface area (Å²) in [5.74, 6) is -2.18. The lowest BCUT2D eigenvalue weighted by atomic mass is 9.47. The number of hydrogen-bond acceptors (Lipinski definition) is 5. The molecule has 0 saturated heterocycles. The monoisotopic (exact) mass is 376 g/mol. The lowest BCUT2D eigenvalue weighted by Crippen LogP contribution is -2.57. The van der Waals surface area contributed by atoms with E-state index in [2.05, 4.69) is 0 Å². The van der Waals surface area contributed by atoms with Crippen LogP contribution in [0.4, 0.5) is 4.39 Å². The van der Waals surface area contributed by atoms with Crippen LogP contribution in [0, 0.1) is 34.5 Å². The topological polar surface area (TPSA) is 91.7 Å². The van der Waals surface area contributed by atoms with E-state index in [1.807, 2.05) is 13.8 Å². The van der Waals surface area contributed by atoms with E-state index in [9.17, 15) is 24.6 Å². The first-order valence-corrected chi connectivity index (χ1v) is 9.61. The molecule has 7 atom stereocenters. The highest BCUT2D eigenvalue weighted by Gasteiger charge is 2.64. The van der Waals surface area contributed by atoms with Gasteiger partial charge in [-0.1, -0.05) is 19.9 Å². The van der Waals surface area contributed by atoms with Crippen LogP contribution in [0.5, 0.6) is 0 Å². The van der Waals surface area contributed by atoms with Crippen LogP contribution in [0.25, 0.3) is 0 Å². The molecule has 0 bridgehead atoms. The summed E-state index contributed by atoms with van der Waals surface area (Å²) < 4.78 is 15.1. The maximum atomic E-state index is 15.1. The van der Waals surface area contributed by atoms with Gasteiger partial charge in [-0.25, -0.2) is 4.39 Å². The summed E-state index contributed by atoms with van der Waals surface area (Å²) >= 11 is 0.